The second kappa shape index (κ2) is 11.9. The van der Waals surface area contributed by atoms with Crippen molar-refractivity contribution < 1.29 is 9.15 Å². The second-order valence-corrected chi connectivity index (χ2v) is 13.0. The second-order valence-electron chi connectivity index (χ2n) is 13.0. The van der Waals surface area contributed by atoms with E-state index in [0.717, 1.165) is 61.3 Å². The Morgan fingerprint density at radius 3 is 1.91 bits per heavy atom. The first-order valence-corrected chi connectivity index (χ1v) is 17.0. The Morgan fingerprint density at radius 1 is 0.681 bits per heavy atom. The standard InChI is InChI=1S/C41H38N2O4/c1-3-4-5-6-7-8-14-26(2)25-47-28-22-20-27(21-23-28)34-35-29-15-9-11-17-31(29)43-38(35)39-36(37(41(43)45)33-19-13-24-46-33)30-16-10-12-18-32(30)42(39)40(34)44/h9-13,15-24,26H,3-8,14,25H2,1-2H3. The summed E-state index contributed by atoms with van der Waals surface area (Å²) in [6.07, 6.45) is 10.5. The highest BCUT2D eigenvalue weighted by atomic mass is 16.5. The summed E-state index contributed by atoms with van der Waals surface area (Å²) < 4.78 is 15.6. The van der Waals surface area contributed by atoms with E-state index in [1.54, 1.807) is 21.1 Å². The van der Waals surface area contributed by atoms with Crippen molar-refractivity contribution in [3.63, 3.8) is 0 Å². The molecule has 0 amide bonds. The molecule has 5 aromatic heterocycles. The van der Waals surface area contributed by atoms with Crippen molar-refractivity contribution in [1.29, 1.82) is 0 Å². The Bertz CT molecular complexity index is 2450. The van der Waals surface area contributed by atoms with Gasteiger partial charge in [-0.1, -0.05) is 101 Å². The molecule has 8 rings (SSSR count). The molecule has 6 nitrogen and oxygen atoms in total. The Labute approximate surface area is 272 Å². The van der Waals surface area contributed by atoms with Crippen molar-refractivity contribution in [2.75, 3.05) is 6.61 Å². The summed E-state index contributed by atoms with van der Waals surface area (Å²) in [5, 5.41) is 3.24. The number of para-hydroxylation sites is 2. The monoisotopic (exact) mass is 622 g/mol. The van der Waals surface area contributed by atoms with E-state index in [1.165, 1.54) is 38.5 Å². The average Bonchev–Trinajstić information content (AvgIpc) is 3.83. The van der Waals surface area contributed by atoms with Gasteiger partial charge in [0.25, 0.3) is 11.1 Å². The zero-order valence-corrected chi connectivity index (χ0v) is 26.9. The topological polar surface area (TPSA) is 65.3 Å². The minimum Gasteiger partial charge on any atom is -0.493 e. The van der Waals surface area contributed by atoms with Crippen LogP contribution in [0.3, 0.4) is 0 Å². The van der Waals surface area contributed by atoms with Crippen LogP contribution in [0, 0.1) is 5.92 Å². The van der Waals surface area contributed by atoms with Gasteiger partial charge in [0.15, 0.2) is 0 Å². The number of fused-ring (bicyclic) bond motifs is 6. The predicted molar refractivity (Wildman–Crippen MR) is 192 cm³/mol. The summed E-state index contributed by atoms with van der Waals surface area (Å²) in [5.74, 6) is 1.75. The van der Waals surface area contributed by atoms with Gasteiger partial charge in [0, 0.05) is 21.5 Å². The highest BCUT2D eigenvalue weighted by Gasteiger charge is 2.30. The number of unbranched alkanes of at least 4 members (excludes halogenated alkanes) is 5. The highest BCUT2D eigenvalue weighted by Crippen LogP contribution is 2.43. The number of nitrogens with zero attached hydrogens (tertiary/aromatic N) is 2. The summed E-state index contributed by atoms with van der Waals surface area (Å²) in [4.78, 5) is 29.4. The van der Waals surface area contributed by atoms with Gasteiger partial charge in [0.2, 0.25) is 0 Å². The molecule has 0 aliphatic rings. The van der Waals surface area contributed by atoms with Gasteiger partial charge < -0.3 is 9.15 Å². The first kappa shape index (κ1) is 29.3. The Hall–Kier alpha value is -5.10. The third-order valence-electron chi connectivity index (χ3n) is 9.80. The molecule has 0 spiro atoms. The summed E-state index contributed by atoms with van der Waals surface area (Å²) in [6.45, 7) is 5.17. The lowest BCUT2D eigenvalue weighted by Gasteiger charge is -2.14. The molecule has 0 bridgehead atoms. The van der Waals surface area contributed by atoms with Crippen molar-refractivity contribution in [1.82, 2.24) is 8.80 Å². The van der Waals surface area contributed by atoms with Crippen LogP contribution < -0.4 is 15.9 Å². The molecule has 3 aromatic carbocycles. The van der Waals surface area contributed by atoms with Crippen molar-refractivity contribution in [3.05, 3.63) is 112 Å². The van der Waals surface area contributed by atoms with E-state index in [2.05, 4.69) is 13.8 Å². The SMILES string of the molecule is CCCCCCCCC(C)COc1ccc(-c2c(=O)n3c4ccccc4c4c(-c5ccco5)c(=O)n5c6ccccc6c2c5c43)cc1. The van der Waals surface area contributed by atoms with Crippen molar-refractivity contribution in [3.8, 4) is 28.2 Å². The number of ether oxygens (including phenoxy) is 1. The fourth-order valence-electron chi connectivity index (χ4n) is 7.52. The van der Waals surface area contributed by atoms with Gasteiger partial charge in [-0.15, -0.1) is 0 Å². The maximum absolute atomic E-state index is 14.8. The Kier molecular flexibility index (Phi) is 7.44. The van der Waals surface area contributed by atoms with E-state index in [4.69, 9.17) is 9.15 Å². The number of pyridine rings is 2. The minimum atomic E-state index is -0.166. The summed E-state index contributed by atoms with van der Waals surface area (Å²) in [6, 6.07) is 27.1. The average molecular weight is 623 g/mol. The van der Waals surface area contributed by atoms with Crippen LogP contribution in [0.4, 0.5) is 0 Å². The first-order chi connectivity index (χ1) is 23.1. The van der Waals surface area contributed by atoms with Crippen molar-refractivity contribution >= 4 is 43.6 Å². The first-order valence-electron chi connectivity index (χ1n) is 17.0. The molecule has 0 N–H and O–H groups in total. The van der Waals surface area contributed by atoms with E-state index in [1.807, 2.05) is 78.9 Å². The summed E-state index contributed by atoms with van der Waals surface area (Å²) in [5.41, 5.74) is 4.55. The molecule has 47 heavy (non-hydrogen) atoms. The molecule has 5 heterocycles. The van der Waals surface area contributed by atoms with E-state index in [9.17, 15) is 9.59 Å². The zero-order chi connectivity index (χ0) is 32.1. The molecule has 0 fully saturated rings. The zero-order valence-electron chi connectivity index (χ0n) is 26.9. The fraction of sp³-hybridized carbons (Fsp3) is 0.268. The molecular formula is C41H38N2O4. The Balaban J connectivity index is 1.26. The van der Waals surface area contributed by atoms with Crippen LogP contribution in [-0.2, 0) is 0 Å². The van der Waals surface area contributed by atoms with Gasteiger partial charge in [0.05, 0.1) is 46.1 Å². The summed E-state index contributed by atoms with van der Waals surface area (Å²) in [7, 11) is 0. The molecule has 0 saturated carbocycles. The third kappa shape index (κ3) is 4.69. The molecule has 0 aliphatic carbocycles. The quantitative estimate of drug-likeness (QED) is 0.127. The van der Waals surface area contributed by atoms with Crippen LogP contribution in [0.25, 0.3) is 66.1 Å². The fourth-order valence-corrected chi connectivity index (χ4v) is 7.52. The highest BCUT2D eigenvalue weighted by molar-refractivity contribution is 6.28. The molecule has 0 aliphatic heterocycles. The van der Waals surface area contributed by atoms with Gasteiger partial charge in [-0.3, -0.25) is 18.4 Å². The summed E-state index contributed by atoms with van der Waals surface area (Å²) >= 11 is 0. The molecule has 236 valence electrons. The van der Waals surface area contributed by atoms with E-state index < -0.39 is 0 Å². The van der Waals surface area contributed by atoms with Crippen molar-refractivity contribution in [2.24, 2.45) is 5.92 Å². The van der Waals surface area contributed by atoms with E-state index in [0.29, 0.717) is 29.4 Å². The third-order valence-corrected chi connectivity index (χ3v) is 9.80. The number of rotatable bonds is 12. The molecule has 0 radical (unpaired) electrons. The van der Waals surface area contributed by atoms with Gasteiger partial charge in [-0.2, -0.15) is 0 Å². The maximum Gasteiger partial charge on any atom is 0.267 e. The van der Waals surface area contributed by atoms with Gasteiger partial charge in [-0.05, 0) is 54.3 Å². The van der Waals surface area contributed by atoms with Crippen LogP contribution in [-0.4, -0.2) is 15.4 Å². The molecule has 1 atom stereocenters. The van der Waals surface area contributed by atoms with E-state index >= 15 is 0 Å². The number of hydrogen-bond acceptors (Lipinski definition) is 4. The largest absolute Gasteiger partial charge is 0.493 e. The predicted octanol–water partition coefficient (Wildman–Crippen LogP) is 9.94. The number of benzene rings is 3. The molecule has 0 saturated heterocycles. The lowest BCUT2D eigenvalue weighted by atomic mass is 9.99. The normalized spacial score (nSPS) is 12.8. The maximum atomic E-state index is 14.8. The van der Waals surface area contributed by atoms with Gasteiger partial charge in [-0.25, -0.2) is 0 Å². The van der Waals surface area contributed by atoms with Gasteiger partial charge in [0.1, 0.15) is 11.5 Å². The van der Waals surface area contributed by atoms with Crippen LogP contribution in [0.1, 0.15) is 58.8 Å². The van der Waals surface area contributed by atoms with E-state index in [-0.39, 0.29) is 11.1 Å². The molecular weight excluding hydrogens is 584 g/mol. The minimum absolute atomic E-state index is 0.118. The number of furan rings is 1. The Morgan fingerprint density at radius 2 is 1.28 bits per heavy atom. The number of hydrogen-bond donors (Lipinski definition) is 0. The smallest absolute Gasteiger partial charge is 0.267 e. The molecule has 6 heteroatoms. The lowest BCUT2D eigenvalue weighted by Crippen LogP contribution is -2.19. The molecule has 8 aromatic rings. The lowest BCUT2D eigenvalue weighted by molar-refractivity contribution is 0.249. The number of aromatic nitrogens is 2. The van der Waals surface area contributed by atoms with Crippen LogP contribution in [0.5, 0.6) is 5.75 Å². The van der Waals surface area contributed by atoms with Crippen molar-refractivity contribution in [2.45, 2.75) is 58.8 Å². The van der Waals surface area contributed by atoms with Crippen LogP contribution in [0.15, 0.2) is 105 Å². The van der Waals surface area contributed by atoms with Crippen LogP contribution in [0.2, 0.25) is 0 Å². The van der Waals surface area contributed by atoms with Crippen LogP contribution >= 0.6 is 0 Å². The molecule has 1 unspecified atom stereocenters. The van der Waals surface area contributed by atoms with Gasteiger partial charge >= 0.3 is 0 Å².